The van der Waals surface area contributed by atoms with Crippen molar-refractivity contribution in [2.75, 3.05) is 32.7 Å². The van der Waals surface area contributed by atoms with E-state index in [-0.39, 0.29) is 42.9 Å². The molecule has 7 heteroatoms. The lowest BCUT2D eigenvalue weighted by atomic mass is 9.82. The second kappa shape index (κ2) is 12.9. The van der Waals surface area contributed by atoms with Crippen LogP contribution in [0.5, 0.6) is 0 Å². The van der Waals surface area contributed by atoms with Gasteiger partial charge in [-0.15, -0.1) is 24.8 Å². The van der Waals surface area contributed by atoms with Gasteiger partial charge >= 0.3 is 6.09 Å². The number of carbonyl (C=O) groups is 1. The molecular formula is C28H33Cl2N3O2. The predicted octanol–water partition coefficient (Wildman–Crippen LogP) is 4.96. The van der Waals surface area contributed by atoms with Crippen LogP contribution in [0.25, 0.3) is 0 Å². The molecule has 2 aliphatic rings. The van der Waals surface area contributed by atoms with Crippen molar-refractivity contribution in [3.8, 4) is 0 Å². The molecule has 5 nitrogen and oxygen atoms in total. The van der Waals surface area contributed by atoms with Crippen LogP contribution in [0.2, 0.25) is 0 Å². The van der Waals surface area contributed by atoms with Crippen molar-refractivity contribution in [3.05, 3.63) is 108 Å². The van der Waals surface area contributed by atoms with Crippen LogP contribution in [-0.2, 0) is 11.3 Å². The molecule has 35 heavy (non-hydrogen) atoms. The quantitative estimate of drug-likeness (QED) is 0.523. The molecule has 2 saturated heterocycles. The van der Waals surface area contributed by atoms with E-state index in [4.69, 9.17) is 4.74 Å². The summed E-state index contributed by atoms with van der Waals surface area (Å²) in [4.78, 5) is 17.3. The van der Waals surface area contributed by atoms with Crippen molar-refractivity contribution in [1.82, 2.24) is 15.1 Å². The van der Waals surface area contributed by atoms with Gasteiger partial charge in [0, 0.05) is 50.7 Å². The zero-order valence-electron chi connectivity index (χ0n) is 19.7. The fourth-order valence-corrected chi connectivity index (χ4v) is 5.25. The Balaban J connectivity index is 0.00000171. The Morgan fingerprint density at radius 3 is 2.00 bits per heavy atom. The van der Waals surface area contributed by atoms with E-state index < -0.39 is 0 Å². The predicted molar refractivity (Wildman–Crippen MR) is 145 cm³/mol. The highest BCUT2D eigenvalue weighted by Gasteiger charge is 2.40. The van der Waals surface area contributed by atoms with Gasteiger partial charge in [-0.1, -0.05) is 91.0 Å². The SMILES string of the molecule is Cl.Cl.O=C(OCc1ccccc1)N1CCN2C(C(c3ccccc3)c3ccccc3)CNC[C@H]2C1. The highest BCUT2D eigenvalue weighted by molar-refractivity contribution is 5.85. The number of hydrogen-bond donors (Lipinski definition) is 1. The first-order valence-electron chi connectivity index (χ1n) is 11.8. The molecule has 186 valence electrons. The zero-order valence-corrected chi connectivity index (χ0v) is 21.3. The van der Waals surface area contributed by atoms with Crippen LogP contribution < -0.4 is 5.32 Å². The molecule has 0 saturated carbocycles. The summed E-state index contributed by atoms with van der Waals surface area (Å²) in [6.07, 6.45) is -0.219. The van der Waals surface area contributed by atoms with Crippen molar-refractivity contribution in [3.63, 3.8) is 0 Å². The van der Waals surface area contributed by atoms with Gasteiger partial charge in [0.2, 0.25) is 0 Å². The van der Waals surface area contributed by atoms with E-state index in [1.807, 2.05) is 35.2 Å². The Labute approximate surface area is 220 Å². The van der Waals surface area contributed by atoms with Crippen LogP contribution in [-0.4, -0.2) is 60.7 Å². The number of rotatable bonds is 5. The average molecular weight is 514 g/mol. The van der Waals surface area contributed by atoms with Crippen LogP contribution >= 0.6 is 24.8 Å². The molecule has 0 aromatic heterocycles. The van der Waals surface area contributed by atoms with Gasteiger partial charge in [0.05, 0.1) is 0 Å². The Morgan fingerprint density at radius 1 is 0.829 bits per heavy atom. The maximum absolute atomic E-state index is 12.8. The largest absolute Gasteiger partial charge is 0.445 e. The number of piperazine rings is 2. The lowest BCUT2D eigenvalue weighted by Crippen LogP contribution is -2.66. The third-order valence-corrected chi connectivity index (χ3v) is 6.85. The number of nitrogens with zero attached hydrogens (tertiary/aromatic N) is 2. The van der Waals surface area contributed by atoms with Crippen molar-refractivity contribution >= 4 is 30.9 Å². The lowest BCUT2D eigenvalue weighted by molar-refractivity contribution is 0.00851. The second-order valence-electron chi connectivity index (χ2n) is 8.90. The van der Waals surface area contributed by atoms with Gasteiger partial charge < -0.3 is 15.0 Å². The number of carbonyl (C=O) groups excluding carboxylic acids is 1. The van der Waals surface area contributed by atoms with Crippen molar-refractivity contribution in [2.45, 2.75) is 24.6 Å². The standard InChI is InChI=1S/C28H31N3O2.2ClH/c32-28(33-21-22-10-4-1-5-11-22)30-16-17-31-25(20-30)18-29-19-26(31)27(23-12-6-2-7-13-23)24-14-8-3-9-15-24;;/h1-15,25-27,29H,16-21H2;2*1H/t25-,26?;;/m0../s1. The average Bonchev–Trinajstić information content (AvgIpc) is 2.89. The molecule has 3 aromatic carbocycles. The molecule has 0 bridgehead atoms. The molecule has 1 N–H and O–H groups in total. The minimum absolute atomic E-state index is 0. The molecule has 2 atom stereocenters. The fourth-order valence-electron chi connectivity index (χ4n) is 5.25. The van der Waals surface area contributed by atoms with Crippen LogP contribution in [0.1, 0.15) is 22.6 Å². The number of ether oxygens (including phenoxy) is 1. The lowest BCUT2D eigenvalue weighted by Gasteiger charge is -2.50. The van der Waals surface area contributed by atoms with Gasteiger partial charge in [0.25, 0.3) is 0 Å². The maximum Gasteiger partial charge on any atom is 0.410 e. The normalized spacial score (nSPS) is 19.7. The zero-order chi connectivity index (χ0) is 22.5. The Hall–Kier alpha value is -2.57. The molecule has 0 radical (unpaired) electrons. The number of hydrogen-bond acceptors (Lipinski definition) is 4. The van der Waals surface area contributed by atoms with E-state index in [1.165, 1.54) is 11.1 Å². The van der Waals surface area contributed by atoms with E-state index in [0.29, 0.717) is 25.7 Å². The third kappa shape index (κ3) is 6.36. The molecule has 5 rings (SSSR count). The molecule has 0 spiro atoms. The fraction of sp³-hybridized carbons (Fsp3) is 0.321. The van der Waals surface area contributed by atoms with E-state index in [9.17, 15) is 4.79 Å². The van der Waals surface area contributed by atoms with E-state index >= 15 is 0 Å². The van der Waals surface area contributed by atoms with Crippen molar-refractivity contribution in [1.29, 1.82) is 0 Å². The van der Waals surface area contributed by atoms with Crippen LogP contribution in [0.15, 0.2) is 91.0 Å². The summed E-state index contributed by atoms with van der Waals surface area (Å²) in [7, 11) is 0. The van der Waals surface area contributed by atoms with Crippen LogP contribution in [0.4, 0.5) is 4.79 Å². The van der Waals surface area contributed by atoms with Crippen LogP contribution in [0, 0.1) is 0 Å². The number of amides is 1. The summed E-state index contributed by atoms with van der Waals surface area (Å²) in [6, 6.07) is 32.1. The molecule has 0 aliphatic carbocycles. The minimum atomic E-state index is -0.219. The maximum atomic E-state index is 12.8. The first-order valence-corrected chi connectivity index (χ1v) is 11.8. The topological polar surface area (TPSA) is 44.8 Å². The van der Waals surface area contributed by atoms with E-state index in [2.05, 4.69) is 70.9 Å². The molecule has 2 heterocycles. The van der Waals surface area contributed by atoms with Gasteiger partial charge in [-0.3, -0.25) is 4.90 Å². The van der Waals surface area contributed by atoms with Gasteiger partial charge in [-0.2, -0.15) is 0 Å². The monoisotopic (exact) mass is 513 g/mol. The number of benzene rings is 3. The summed E-state index contributed by atoms with van der Waals surface area (Å²) < 4.78 is 5.61. The number of nitrogens with one attached hydrogen (secondary N) is 1. The van der Waals surface area contributed by atoms with Gasteiger partial charge in [-0.05, 0) is 16.7 Å². The summed E-state index contributed by atoms with van der Waals surface area (Å²) in [5.41, 5.74) is 3.68. The van der Waals surface area contributed by atoms with Gasteiger partial charge in [0.1, 0.15) is 6.61 Å². The second-order valence-corrected chi connectivity index (χ2v) is 8.90. The van der Waals surface area contributed by atoms with Crippen molar-refractivity contribution < 1.29 is 9.53 Å². The van der Waals surface area contributed by atoms with E-state index in [0.717, 1.165) is 25.2 Å². The highest BCUT2D eigenvalue weighted by atomic mass is 35.5. The first-order chi connectivity index (χ1) is 16.3. The van der Waals surface area contributed by atoms with Crippen LogP contribution in [0.3, 0.4) is 0 Å². The highest BCUT2D eigenvalue weighted by Crippen LogP contribution is 2.34. The summed E-state index contributed by atoms with van der Waals surface area (Å²) in [5.74, 6) is 0.277. The Bertz CT molecular complexity index is 1000. The minimum Gasteiger partial charge on any atom is -0.445 e. The number of halogens is 2. The Kier molecular flexibility index (Phi) is 9.99. The van der Waals surface area contributed by atoms with Crippen molar-refractivity contribution in [2.24, 2.45) is 0 Å². The van der Waals surface area contributed by atoms with Gasteiger partial charge in [0.15, 0.2) is 0 Å². The Morgan fingerprint density at radius 2 is 1.40 bits per heavy atom. The molecular weight excluding hydrogens is 481 g/mol. The third-order valence-electron chi connectivity index (χ3n) is 6.85. The first kappa shape index (κ1) is 27.0. The summed E-state index contributed by atoms with van der Waals surface area (Å²) in [6.45, 7) is 4.37. The summed E-state index contributed by atoms with van der Waals surface area (Å²) >= 11 is 0. The number of fused-ring (bicyclic) bond motifs is 1. The smallest absolute Gasteiger partial charge is 0.410 e. The molecule has 1 amide bonds. The van der Waals surface area contributed by atoms with Gasteiger partial charge in [-0.25, -0.2) is 4.79 Å². The van der Waals surface area contributed by atoms with E-state index in [1.54, 1.807) is 0 Å². The molecule has 2 fully saturated rings. The summed E-state index contributed by atoms with van der Waals surface area (Å²) in [5, 5.41) is 3.65. The molecule has 3 aromatic rings. The molecule has 2 aliphatic heterocycles. The molecule has 1 unspecified atom stereocenters.